The van der Waals surface area contributed by atoms with E-state index in [1.807, 2.05) is 18.2 Å². The first kappa shape index (κ1) is 11.4. The molecule has 0 fully saturated rings. The molecule has 3 nitrogen and oxygen atoms in total. The zero-order chi connectivity index (χ0) is 11.9. The molecule has 0 aliphatic rings. The number of fused-ring (bicyclic) bond motifs is 1. The van der Waals surface area contributed by atoms with Crippen molar-refractivity contribution in [1.82, 2.24) is 4.98 Å². The molecule has 0 aliphatic carbocycles. The highest BCUT2D eigenvalue weighted by molar-refractivity contribution is 6.90. The van der Waals surface area contributed by atoms with Crippen LogP contribution in [0.3, 0.4) is 0 Å². The van der Waals surface area contributed by atoms with Gasteiger partial charge in [0.25, 0.3) is 0 Å². The molecule has 0 amide bonds. The first-order chi connectivity index (χ1) is 7.39. The molecular weight excluding hydrogens is 218 g/mol. The van der Waals surface area contributed by atoms with Crippen molar-refractivity contribution in [2.45, 2.75) is 25.9 Å². The van der Waals surface area contributed by atoms with E-state index >= 15 is 0 Å². The highest BCUT2D eigenvalue weighted by atomic mass is 28.3. The third-order valence-electron chi connectivity index (χ3n) is 2.77. The van der Waals surface area contributed by atoms with Gasteiger partial charge in [-0.05, 0) is 17.5 Å². The van der Waals surface area contributed by atoms with E-state index in [1.54, 1.807) is 0 Å². The molecule has 2 aromatic rings. The quantitative estimate of drug-likeness (QED) is 0.548. The van der Waals surface area contributed by atoms with Crippen LogP contribution in [0.25, 0.3) is 10.9 Å². The minimum absolute atomic E-state index is 0.459. The van der Waals surface area contributed by atoms with E-state index in [1.165, 1.54) is 5.19 Å². The average molecular weight is 235 g/mol. The van der Waals surface area contributed by atoms with Crippen LogP contribution in [-0.2, 0) is 0 Å². The van der Waals surface area contributed by atoms with Gasteiger partial charge in [-0.3, -0.25) is 0 Å². The Labute approximate surface area is 95.8 Å². The fraction of sp³-hybridized carbons (Fsp3) is 0.333. The summed E-state index contributed by atoms with van der Waals surface area (Å²) in [7, 11) is -1.40. The highest BCUT2D eigenvalue weighted by Gasteiger charge is 2.20. The molecule has 0 spiro atoms. The number of aliphatic hydroxyl groups excluding tert-OH is 1. The van der Waals surface area contributed by atoms with Crippen molar-refractivity contribution >= 4 is 24.2 Å². The Balaban J connectivity index is 2.68. The smallest absolute Gasteiger partial charge is 0.193 e. The van der Waals surface area contributed by atoms with Crippen LogP contribution in [0.2, 0.25) is 19.6 Å². The van der Waals surface area contributed by atoms with Gasteiger partial charge in [-0.15, -0.1) is 0 Å². The maximum Gasteiger partial charge on any atom is 0.193 e. The van der Waals surface area contributed by atoms with Crippen molar-refractivity contribution in [2.75, 3.05) is 0 Å². The van der Waals surface area contributed by atoms with Gasteiger partial charge in [0, 0.05) is 5.52 Å². The summed E-state index contributed by atoms with van der Waals surface area (Å²) in [5, 5.41) is 20.8. The molecule has 4 heteroatoms. The van der Waals surface area contributed by atoms with Crippen LogP contribution in [0.5, 0.6) is 0 Å². The minimum atomic E-state index is -1.43. The Kier molecular flexibility index (Phi) is 2.65. The molecule has 1 heterocycles. The van der Waals surface area contributed by atoms with E-state index < -0.39 is 14.4 Å². The summed E-state index contributed by atoms with van der Waals surface area (Å²) < 4.78 is 0. The van der Waals surface area contributed by atoms with Gasteiger partial charge in [0.1, 0.15) is 0 Å². The second-order valence-electron chi connectivity index (χ2n) is 5.12. The van der Waals surface area contributed by atoms with E-state index in [2.05, 4.69) is 30.7 Å². The molecular formula is C12H17NO2Si. The zero-order valence-electron chi connectivity index (χ0n) is 9.78. The molecule has 86 valence electrons. The predicted molar refractivity (Wildman–Crippen MR) is 68.5 cm³/mol. The SMILES string of the molecule is C[Si](C)(C)c1cccc2[nH]c(C(O)O)cc12. The monoisotopic (exact) mass is 235 g/mol. The number of aliphatic hydroxyl groups is 2. The Morgan fingerprint density at radius 3 is 2.44 bits per heavy atom. The van der Waals surface area contributed by atoms with Crippen molar-refractivity contribution in [3.8, 4) is 0 Å². The summed E-state index contributed by atoms with van der Waals surface area (Å²) in [4.78, 5) is 3.03. The summed E-state index contributed by atoms with van der Waals surface area (Å²) in [6.45, 7) is 6.84. The predicted octanol–water partition coefficient (Wildman–Crippen LogP) is 1.70. The minimum Gasteiger partial charge on any atom is -0.363 e. The van der Waals surface area contributed by atoms with E-state index in [0.717, 1.165) is 10.9 Å². The van der Waals surface area contributed by atoms with Crippen LogP contribution in [0.1, 0.15) is 12.0 Å². The van der Waals surface area contributed by atoms with Crippen LogP contribution in [0, 0.1) is 0 Å². The number of rotatable bonds is 2. The Hall–Kier alpha value is -1.10. The number of hydrogen-bond donors (Lipinski definition) is 3. The number of nitrogens with one attached hydrogen (secondary N) is 1. The summed E-state index contributed by atoms with van der Waals surface area (Å²) in [5.41, 5.74) is 1.43. The van der Waals surface area contributed by atoms with E-state index in [9.17, 15) is 0 Å². The van der Waals surface area contributed by atoms with Crippen LogP contribution >= 0.6 is 0 Å². The van der Waals surface area contributed by atoms with Crippen LogP contribution < -0.4 is 5.19 Å². The lowest BCUT2D eigenvalue weighted by Crippen LogP contribution is -2.37. The van der Waals surface area contributed by atoms with Gasteiger partial charge in [-0.25, -0.2) is 0 Å². The second-order valence-corrected chi connectivity index (χ2v) is 10.2. The molecule has 16 heavy (non-hydrogen) atoms. The maximum absolute atomic E-state index is 9.15. The number of aromatic nitrogens is 1. The number of H-pyrrole nitrogens is 1. The summed E-state index contributed by atoms with van der Waals surface area (Å²) in [5.74, 6) is 0. The van der Waals surface area contributed by atoms with Gasteiger partial charge in [-0.1, -0.05) is 37.0 Å². The first-order valence-corrected chi connectivity index (χ1v) is 8.88. The van der Waals surface area contributed by atoms with Gasteiger partial charge < -0.3 is 15.2 Å². The molecule has 0 bridgehead atoms. The lowest BCUT2D eigenvalue weighted by Gasteiger charge is -2.17. The molecule has 3 N–H and O–H groups in total. The summed E-state index contributed by atoms with van der Waals surface area (Å²) in [6.07, 6.45) is -1.43. The van der Waals surface area contributed by atoms with E-state index in [4.69, 9.17) is 10.2 Å². The van der Waals surface area contributed by atoms with Crippen molar-refractivity contribution < 1.29 is 10.2 Å². The molecule has 0 saturated carbocycles. The van der Waals surface area contributed by atoms with Crippen LogP contribution in [-0.4, -0.2) is 23.3 Å². The normalized spacial score (nSPS) is 12.6. The van der Waals surface area contributed by atoms with Gasteiger partial charge in [0.05, 0.1) is 13.8 Å². The van der Waals surface area contributed by atoms with Gasteiger partial charge in [0.15, 0.2) is 6.29 Å². The van der Waals surface area contributed by atoms with E-state index in [0.29, 0.717) is 5.69 Å². The van der Waals surface area contributed by atoms with Crippen molar-refractivity contribution in [2.24, 2.45) is 0 Å². The first-order valence-electron chi connectivity index (χ1n) is 5.38. The van der Waals surface area contributed by atoms with Crippen LogP contribution in [0.15, 0.2) is 24.3 Å². The maximum atomic E-state index is 9.15. The number of hydrogen-bond acceptors (Lipinski definition) is 2. The lowest BCUT2D eigenvalue weighted by molar-refractivity contribution is -0.0453. The second kappa shape index (κ2) is 3.73. The fourth-order valence-corrected chi connectivity index (χ4v) is 3.58. The fourth-order valence-electron chi connectivity index (χ4n) is 1.97. The van der Waals surface area contributed by atoms with Crippen LogP contribution in [0.4, 0.5) is 0 Å². The molecule has 1 aromatic heterocycles. The summed E-state index contributed by atoms with van der Waals surface area (Å²) >= 11 is 0. The van der Waals surface area contributed by atoms with Gasteiger partial charge in [-0.2, -0.15) is 0 Å². The third kappa shape index (κ3) is 1.91. The highest BCUT2D eigenvalue weighted by Crippen LogP contribution is 2.19. The molecule has 1 aromatic carbocycles. The molecule has 0 atom stereocenters. The summed E-state index contributed by atoms with van der Waals surface area (Å²) in [6, 6.07) is 7.95. The number of benzene rings is 1. The Morgan fingerprint density at radius 1 is 1.19 bits per heavy atom. The van der Waals surface area contributed by atoms with E-state index in [-0.39, 0.29) is 0 Å². The average Bonchev–Trinajstić information content (AvgIpc) is 2.58. The third-order valence-corrected chi connectivity index (χ3v) is 4.82. The largest absolute Gasteiger partial charge is 0.363 e. The van der Waals surface area contributed by atoms with Gasteiger partial charge >= 0.3 is 0 Å². The van der Waals surface area contributed by atoms with Crippen molar-refractivity contribution in [3.63, 3.8) is 0 Å². The Bertz CT molecular complexity index is 511. The molecule has 0 unspecified atom stereocenters. The van der Waals surface area contributed by atoms with Gasteiger partial charge in [0.2, 0.25) is 0 Å². The molecule has 0 radical (unpaired) electrons. The van der Waals surface area contributed by atoms with Crippen molar-refractivity contribution in [3.05, 3.63) is 30.0 Å². The standard InChI is InChI=1S/C12H17NO2Si/c1-16(2,3)11-6-4-5-9-8(11)7-10(13-9)12(14)15/h4-7,12-15H,1-3H3. The molecule has 0 aliphatic heterocycles. The zero-order valence-corrected chi connectivity index (χ0v) is 10.8. The Morgan fingerprint density at radius 2 is 1.88 bits per heavy atom. The number of aromatic amines is 1. The van der Waals surface area contributed by atoms with Crippen molar-refractivity contribution in [1.29, 1.82) is 0 Å². The molecule has 2 rings (SSSR count). The molecule has 0 saturated heterocycles. The lowest BCUT2D eigenvalue weighted by atomic mass is 10.2. The topological polar surface area (TPSA) is 56.2 Å².